The molecule has 0 aromatic heterocycles. The molecule has 6 heteroatoms. The van der Waals surface area contributed by atoms with Gasteiger partial charge in [0.2, 0.25) is 5.91 Å². The number of hydrogen-bond acceptors (Lipinski definition) is 4. The van der Waals surface area contributed by atoms with Crippen LogP contribution in [0.4, 0.5) is 5.69 Å². The Morgan fingerprint density at radius 3 is 2.95 bits per heavy atom. The molecular weight excluding hydrogens is 246 g/mol. The lowest BCUT2D eigenvalue weighted by Gasteiger charge is -2.28. The first-order chi connectivity index (χ1) is 9.11. The van der Waals surface area contributed by atoms with Crippen molar-refractivity contribution < 1.29 is 9.72 Å². The van der Waals surface area contributed by atoms with Gasteiger partial charge in [-0.2, -0.15) is 0 Å². The molecule has 102 valence electrons. The summed E-state index contributed by atoms with van der Waals surface area (Å²) in [6, 6.07) is 4.90. The van der Waals surface area contributed by atoms with Crippen molar-refractivity contribution in [2.75, 3.05) is 20.1 Å². The molecule has 6 nitrogen and oxygen atoms in total. The van der Waals surface area contributed by atoms with Crippen LogP contribution in [0.5, 0.6) is 0 Å². The molecule has 1 heterocycles. The number of non-ortho nitro benzene ring substituents is 1. The van der Waals surface area contributed by atoms with E-state index in [1.165, 1.54) is 6.07 Å². The molecule has 0 spiro atoms. The number of nitro benzene ring substituents is 1. The zero-order valence-corrected chi connectivity index (χ0v) is 10.9. The van der Waals surface area contributed by atoms with E-state index in [9.17, 15) is 14.9 Å². The number of nitro groups is 1. The second kappa shape index (κ2) is 5.79. The van der Waals surface area contributed by atoms with Crippen LogP contribution < -0.4 is 5.32 Å². The predicted molar refractivity (Wildman–Crippen MR) is 70.8 cm³/mol. The van der Waals surface area contributed by atoms with E-state index in [2.05, 4.69) is 5.32 Å². The van der Waals surface area contributed by atoms with Gasteiger partial charge in [-0.25, -0.2) is 0 Å². The van der Waals surface area contributed by atoms with Crippen LogP contribution in [0.2, 0.25) is 0 Å². The molecule has 0 fully saturated rings. The van der Waals surface area contributed by atoms with Crippen LogP contribution in [-0.2, 0) is 17.8 Å². The number of nitrogens with zero attached hydrogens (tertiary/aromatic N) is 2. The van der Waals surface area contributed by atoms with E-state index in [4.69, 9.17) is 0 Å². The van der Waals surface area contributed by atoms with Crippen molar-refractivity contribution in [3.05, 3.63) is 39.4 Å². The maximum atomic E-state index is 11.9. The van der Waals surface area contributed by atoms with Gasteiger partial charge >= 0.3 is 0 Å². The lowest BCUT2D eigenvalue weighted by Crippen LogP contribution is -2.37. The van der Waals surface area contributed by atoms with Crippen LogP contribution in [0, 0.1) is 10.1 Å². The molecule has 0 radical (unpaired) electrons. The third kappa shape index (κ3) is 3.08. The molecule has 1 aliphatic rings. The average Bonchev–Trinajstić information content (AvgIpc) is 2.43. The molecule has 0 bridgehead atoms. The molecule has 0 unspecified atom stereocenters. The van der Waals surface area contributed by atoms with Crippen LogP contribution in [0.25, 0.3) is 0 Å². The van der Waals surface area contributed by atoms with Gasteiger partial charge in [-0.1, -0.05) is 6.07 Å². The number of fused-ring (bicyclic) bond motifs is 1. The molecule has 2 rings (SSSR count). The number of amides is 1. The highest BCUT2D eigenvalue weighted by atomic mass is 16.6. The van der Waals surface area contributed by atoms with Gasteiger partial charge in [0.25, 0.3) is 5.69 Å². The summed E-state index contributed by atoms with van der Waals surface area (Å²) in [5.41, 5.74) is 2.07. The molecular formula is C13H17N3O3. The Morgan fingerprint density at radius 2 is 2.26 bits per heavy atom. The fourth-order valence-corrected chi connectivity index (χ4v) is 2.26. The molecule has 1 aromatic rings. The number of carbonyl (C=O) groups is 1. The van der Waals surface area contributed by atoms with Gasteiger partial charge in [0, 0.05) is 38.2 Å². The fourth-order valence-electron chi connectivity index (χ4n) is 2.26. The zero-order chi connectivity index (χ0) is 13.8. The van der Waals surface area contributed by atoms with E-state index in [0.29, 0.717) is 26.1 Å². The Morgan fingerprint density at radius 1 is 1.47 bits per heavy atom. The summed E-state index contributed by atoms with van der Waals surface area (Å²) in [4.78, 5) is 24.1. The number of benzene rings is 1. The maximum Gasteiger partial charge on any atom is 0.269 e. The lowest BCUT2D eigenvalue weighted by molar-refractivity contribution is -0.385. The van der Waals surface area contributed by atoms with Crippen molar-refractivity contribution in [3.63, 3.8) is 0 Å². The first-order valence-electron chi connectivity index (χ1n) is 6.30. The third-order valence-corrected chi connectivity index (χ3v) is 3.35. The summed E-state index contributed by atoms with van der Waals surface area (Å²) in [6.07, 6.45) is 1.22. The molecule has 0 atom stereocenters. The minimum absolute atomic E-state index is 0.0864. The summed E-state index contributed by atoms with van der Waals surface area (Å²) in [7, 11) is 1.81. The van der Waals surface area contributed by atoms with E-state index >= 15 is 0 Å². The minimum Gasteiger partial charge on any atom is -0.338 e. The van der Waals surface area contributed by atoms with Crippen molar-refractivity contribution in [3.8, 4) is 0 Å². The zero-order valence-electron chi connectivity index (χ0n) is 10.9. The van der Waals surface area contributed by atoms with Crippen molar-refractivity contribution in [2.45, 2.75) is 19.4 Å². The number of rotatable bonds is 4. The molecule has 1 aliphatic heterocycles. The average molecular weight is 263 g/mol. The summed E-state index contributed by atoms with van der Waals surface area (Å²) in [5.74, 6) is 0.0894. The number of carbonyl (C=O) groups excluding carboxylic acids is 1. The molecule has 0 saturated carbocycles. The normalized spacial score (nSPS) is 14.1. The van der Waals surface area contributed by atoms with Crippen LogP contribution >= 0.6 is 0 Å². The maximum absolute atomic E-state index is 11.9. The lowest BCUT2D eigenvalue weighted by atomic mass is 9.99. The second-order valence-electron chi connectivity index (χ2n) is 4.63. The highest BCUT2D eigenvalue weighted by Crippen LogP contribution is 2.24. The van der Waals surface area contributed by atoms with Gasteiger partial charge in [0.1, 0.15) is 0 Å². The largest absolute Gasteiger partial charge is 0.338 e. The number of nitrogens with one attached hydrogen (secondary N) is 1. The van der Waals surface area contributed by atoms with E-state index < -0.39 is 4.92 Å². The second-order valence-corrected chi connectivity index (χ2v) is 4.63. The molecule has 1 N–H and O–H groups in total. The summed E-state index contributed by atoms with van der Waals surface area (Å²) < 4.78 is 0. The Balaban J connectivity index is 2.11. The van der Waals surface area contributed by atoms with Crippen LogP contribution in [0.15, 0.2) is 18.2 Å². The third-order valence-electron chi connectivity index (χ3n) is 3.35. The Hall–Kier alpha value is -1.95. The quantitative estimate of drug-likeness (QED) is 0.651. The van der Waals surface area contributed by atoms with Crippen molar-refractivity contribution >= 4 is 11.6 Å². The Kier molecular flexibility index (Phi) is 4.11. The van der Waals surface area contributed by atoms with Gasteiger partial charge < -0.3 is 10.2 Å². The van der Waals surface area contributed by atoms with E-state index in [1.54, 1.807) is 17.0 Å². The Labute approximate surface area is 111 Å². The SMILES string of the molecule is CNCCC(=O)N1CCc2ccc([N+](=O)[O-])cc2C1. The van der Waals surface area contributed by atoms with Crippen molar-refractivity contribution in [2.24, 2.45) is 0 Å². The van der Waals surface area contributed by atoms with Crippen molar-refractivity contribution in [1.29, 1.82) is 0 Å². The fraction of sp³-hybridized carbons (Fsp3) is 0.462. The number of hydrogen-bond donors (Lipinski definition) is 1. The van der Waals surface area contributed by atoms with E-state index in [-0.39, 0.29) is 11.6 Å². The minimum atomic E-state index is -0.401. The van der Waals surface area contributed by atoms with Gasteiger partial charge in [-0.3, -0.25) is 14.9 Å². The predicted octanol–water partition coefficient (Wildman–Crippen LogP) is 1.09. The van der Waals surface area contributed by atoms with Crippen LogP contribution in [-0.4, -0.2) is 35.9 Å². The molecule has 0 aliphatic carbocycles. The highest BCUT2D eigenvalue weighted by Gasteiger charge is 2.21. The standard InChI is InChI=1S/C13H17N3O3/c1-14-6-4-13(17)15-7-5-10-2-3-12(16(18)19)8-11(10)9-15/h2-3,8,14H,4-7,9H2,1H3. The summed E-state index contributed by atoms with van der Waals surface area (Å²) >= 11 is 0. The van der Waals surface area contributed by atoms with Gasteiger partial charge in [-0.15, -0.1) is 0 Å². The van der Waals surface area contributed by atoms with E-state index in [0.717, 1.165) is 17.5 Å². The summed E-state index contributed by atoms with van der Waals surface area (Å²) in [5, 5.41) is 13.7. The topological polar surface area (TPSA) is 75.5 Å². The Bertz CT molecular complexity index is 502. The van der Waals surface area contributed by atoms with Gasteiger partial charge in [0.15, 0.2) is 0 Å². The molecule has 19 heavy (non-hydrogen) atoms. The molecule has 0 saturated heterocycles. The van der Waals surface area contributed by atoms with Gasteiger partial charge in [0.05, 0.1) is 4.92 Å². The first-order valence-corrected chi connectivity index (χ1v) is 6.30. The van der Waals surface area contributed by atoms with E-state index in [1.807, 2.05) is 7.05 Å². The molecule has 1 aromatic carbocycles. The monoisotopic (exact) mass is 263 g/mol. The van der Waals surface area contributed by atoms with Crippen LogP contribution in [0.3, 0.4) is 0 Å². The first kappa shape index (κ1) is 13.5. The smallest absolute Gasteiger partial charge is 0.269 e. The highest BCUT2D eigenvalue weighted by molar-refractivity contribution is 5.76. The van der Waals surface area contributed by atoms with Gasteiger partial charge in [-0.05, 0) is 24.6 Å². The summed E-state index contributed by atoms with van der Waals surface area (Å²) in [6.45, 7) is 1.81. The molecule has 1 amide bonds. The van der Waals surface area contributed by atoms with Crippen LogP contribution in [0.1, 0.15) is 17.5 Å². The van der Waals surface area contributed by atoms with Crippen molar-refractivity contribution in [1.82, 2.24) is 10.2 Å².